The summed E-state index contributed by atoms with van der Waals surface area (Å²) in [5, 5.41) is 4.41. The van der Waals surface area contributed by atoms with E-state index in [4.69, 9.17) is 9.47 Å². The summed E-state index contributed by atoms with van der Waals surface area (Å²) < 4.78 is 50.1. The van der Waals surface area contributed by atoms with E-state index in [0.29, 0.717) is 31.8 Å². The first-order valence-electron chi connectivity index (χ1n) is 6.37. The van der Waals surface area contributed by atoms with Gasteiger partial charge in [-0.1, -0.05) is 0 Å². The number of halogens is 3. The maximum absolute atomic E-state index is 13.3. The van der Waals surface area contributed by atoms with Crippen molar-refractivity contribution in [2.24, 2.45) is 0 Å². The lowest BCUT2D eigenvalue weighted by molar-refractivity contribution is -0.145. The molecular weight excluding hydrogens is 289 g/mol. The van der Waals surface area contributed by atoms with Crippen molar-refractivity contribution in [3.8, 4) is 0 Å². The van der Waals surface area contributed by atoms with Gasteiger partial charge in [-0.15, -0.1) is 0 Å². The van der Waals surface area contributed by atoms with Crippen molar-refractivity contribution in [2.45, 2.75) is 19.1 Å². The van der Waals surface area contributed by atoms with Crippen LogP contribution in [0.2, 0.25) is 0 Å². The molecule has 1 aromatic carbocycles. The fraction of sp³-hybridized carbons (Fsp3) is 0.462. The number of ether oxygens (including phenoxy) is 2. The van der Waals surface area contributed by atoms with Crippen molar-refractivity contribution in [1.82, 2.24) is 5.32 Å². The van der Waals surface area contributed by atoms with Crippen molar-refractivity contribution >= 4 is 11.7 Å². The summed E-state index contributed by atoms with van der Waals surface area (Å²) in [6, 6.07) is 0.167. The van der Waals surface area contributed by atoms with Crippen molar-refractivity contribution in [3.63, 3.8) is 0 Å². The molecular formula is C13H15F3N2O3. The largest absolute Gasteiger partial charge is 0.348 e. The van der Waals surface area contributed by atoms with Gasteiger partial charge < -0.3 is 20.1 Å². The summed E-state index contributed by atoms with van der Waals surface area (Å²) in [5.41, 5.74) is -0.700. The van der Waals surface area contributed by atoms with Crippen molar-refractivity contribution in [3.05, 3.63) is 29.6 Å². The van der Waals surface area contributed by atoms with Gasteiger partial charge in [0.2, 0.25) is 0 Å². The van der Waals surface area contributed by atoms with E-state index < -0.39 is 35.0 Å². The summed E-state index contributed by atoms with van der Waals surface area (Å²) >= 11 is 0. The smallest absolute Gasteiger partial charge is 0.319 e. The molecule has 0 aliphatic carbocycles. The van der Waals surface area contributed by atoms with Gasteiger partial charge in [-0.2, -0.15) is 0 Å². The summed E-state index contributed by atoms with van der Waals surface area (Å²) in [6.07, 6.45) is 0.384. The molecule has 0 bridgehead atoms. The summed E-state index contributed by atoms with van der Waals surface area (Å²) in [7, 11) is 0. The first kappa shape index (κ1) is 15.6. The predicted octanol–water partition coefficient (Wildman–Crippen LogP) is 2.38. The molecule has 8 heteroatoms. The quantitative estimate of drug-likeness (QED) is 0.898. The van der Waals surface area contributed by atoms with Crippen LogP contribution >= 0.6 is 0 Å². The molecule has 116 valence electrons. The number of nitrogens with one attached hydrogen (secondary N) is 2. The van der Waals surface area contributed by atoms with Gasteiger partial charge in [-0.3, -0.25) is 0 Å². The summed E-state index contributed by atoms with van der Waals surface area (Å²) in [4.78, 5) is 11.5. The molecule has 1 fully saturated rings. The molecule has 0 aromatic heterocycles. The maximum atomic E-state index is 13.3. The van der Waals surface area contributed by atoms with E-state index in [9.17, 15) is 18.0 Å². The molecule has 0 unspecified atom stereocenters. The Kier molecular flexibility index (Phi) is 4.69. The second-order valence-corrected chi connectivity index (χ2v) is 4.71. The third-order valence-corrected chi connectivity index (χ3v) is 3.01. The van der Waals surface area contributed by atoms with Crippen LogP contribution in [-0.2, 0) is 9.47 Å². The zero-order valence-electron chi connectivity index (χ0n) is 11.3. The van der Waals surface area contributed by atoms with Crippen LogP contribution in [-0.4, -0.2) is 31.6 Å². The first-order valence-corrected chi connectivity index (χ1v) is 6.37. The summed E-state index contributed by atoms with van der Waals surface area (Å²) in [6.45, 7) is 2.88. The van der Waals surface area contributed by atoms with Crippen LogP contribution in [0.15, 0.2) is 12.1 Å². The van der Waals surface area contributed by atoms with Crippen LogP contribution in [0.25, 0.3) is 0 Å². The first-order chi connectivity index (χ1) is 9.89. The van der Waals surface area contributed by atoms with Crippen molar-refractivity contribution in [1.29, 1.82) is 0 Å². The van der Waals surface area contributed by atoms with Crippen LogP contribution < -0.4 is 10.6 Å². The maximum Gasteiger partial charge on any atom is 0.319 e. The lowest BCUT2D eigenvalue weighted by Gasteiger charge is -2.22. The zero-order chi connectivity index (χ0) is 15.5. The Bertz CT molecular complexity index is 510. The molecule has 2 amide bonds. The van der Waals surface area contributed by atoms with Gasteiger partial charge in [0.05, 0.1) is 13.2 Å². The number of hydrogen-bond donors (Lipinski definition) is 2. The van der Waals surface area contributed by atoms with Gasteiger partial charge in [0.25, 0.3) is 0 Å². The molecule has 0 saturated carbocycles. The number of rotatable bonds is 4. The Labute approximate surface area is 119 Å². The fourth-order valence-electron chi connectivity index (χ4n) is 1.92. The van der Waals surface area contributed by atoms with Crippen LogP contribution in [0.1, 0.15) is 13.3 Å². The Morgan fingerprint density at radius 1 is 1.24 bits per heavy atom. The highest BCUT2D eigenvalue weighted by Crippen LogP contribution is 2.22. The molecule has 1 aromatic rings. The second-order valence-electron chi connectivity index (χ2n) is 4.71. The van der Waals surface area contributed by atoms with Crippen LogP contribution in [0, 0.1) is 17.5 Å². The predicted molar refractivity (Wildman–Crippen MR) is 68.3 cm³/mol. The number of anilines is 1. The molecule has 0 spiro atoms. The average Bonchev–Trinajstić information content (AvgIpc) is 2.81. The van der Waals surface area contributed by atoms with E-state index in [1.54, 1.807) is 6.92 Å². The monoisotopic (exact) mass is 304 g/mol. The van der Waals surface area contributed by atoms with Gasteiger partial charge in [-0.25, -0.2) is 18.0 Å². The van der Waals surface area contributed by atoms with Crippen LogP contribution in [0.3, 0.4) is 0 Å². The highest BCUT2D eigenvalue weighted by atomic mass is 19.1. The van der Waals surface area contributed by atoms with Crippen molar-refractivity contribution < 1.29 is 27.4 Å². The third-order valence-electron chi connectivity index (χ3n) is 3.01. The minimum absolute atomic E-state index is 0.187. The Balaban J connectivity index is 1.85. The number of urea groups is 1. The topological polar surface area (TPSA) is 59.6 Å². The lowest BCUT2D eigenvalue weighted by atomic mass is 10.2. The van der Waals surface area contributed by atoms with Gasteiger partial charge >= 0.3 is 6.03 Å². The average molecular weight is 304 g/mol. The van der Waals surface area contributed by atoms with Gasteiger partial charge in [0.1, 0.15) is 11.5 Å². The molecule has 0 radical (unpaired) electrons. The number of hydrogen-bond acceptors (Lipinski definition) is 3. The molecule has 2 rings (SSSR count). The van der Waals surface area contributed by atoms with Crippen LogP contribution in [0.5, 0.6) is 0 Å². The Morgan fingerprint density at radius 2 is 1.81 bits per heavy atom. The van der Waals surface area contributed by atoms with E-state index >= 15 is 0 Å². The van der Waals surface area contributed by atoms with E-state index in [-0.39, 0.29) is 6.54 Å². The minimum atomic E-state index is -1.18. The lowest BCUT2D eigenvalue weighted by Crippen LogP contribution is -2.36. The molecule has 1 aliphatic heterocycles. The SMILES string of the molecule is CC1(CCNC(=O)Nc2c(F)cc(F)cc2F)OCCO1. The molecule has 1 aliphatic rings. The van der Waals surface area contributed by atoms with E-state index in [0.717, 1.165) is 0 Å². The molecule has 2 N–H and O–H groups in total. The fourth-order valence-corrected chi connectivity index (χ4v) is 1.92. The number of carbonyl (C=O) groups excluding carboxylic acids is 1. The minimum Gasteiger partial charge on any atom is -0.348 e. The van der Waals surface area contributed by atoms with Crippen LogP contribution in [0.4, 0.5) is 23.7 Å². The Morgan fingerprint density at radius 3 is 2.38 bits per heavy atom. The molecule has 21 heavy (non-hydrogen) atoms. The zero-order valence-corrected chi connectivity index (χ0v) is 11.3. The van der Waals surface area contributed by atoms with Gasteiger partial charge in [-0.05, 0) is 6.92 Å². The second kappa shape index (κ2) is 6.31. The Hall–Kier alpha value is -1.80. The number of carbonyl (C=O) groups is 1. The summed E-state index contributed by atoms with van der Waals surface area (Å²) in [5.74, 6) is -4.19. The third kappa shape index (κ3) is 4.08. The number of amides is 2. The molecule has 1 saturated heterocycles. The normalized spacial score (nSPS) is 16.8. The molecule has 0 atom stereocenters. The van der Waals surface area contributed by atoms with Gasteiger partial charge in [0.15, 0.2) is 17.4 Å². The highest BCUT2D eigenvalue weighted by molar-refractivity contribution is 5.89. The van der Waals surface area contributed by atoms with E-state index in [1.165, 1.54) is 0 Å². The standard InChI is InChI=1S/C13H15F3N2O3/c1-13(20-4-5-21-13)2-3-17-12(19)18-11-9(15)6-8(14)7-10(11)16/h6-7H,2-5H2,1H3,(H2,17,18,19). The molecule has 5 nitrogen and oxygen atoms in total. The molecule has 1 heterocycles. The highest BCUT2D eigenvalue weighted by Gasteiger charge is 2.30. The number of benzene rings is 1. The van der Waals surface area contributed by atoms with Crippen molar-refractivity contribution in [2.75, 3.05) is 25.1 Å². The van der Waals surface area contributed by atoms with E-state index in [1.807, 2.05) is 5.32 Å². The van der Waals surface area contributed by atoms with Gasteiger partial charge in [0, 0.05) is 25.1 Å². The van der Waals surface area contributed by atoms with E-state index in [2.05, 4.69) is 5.32 Å².